The van der Waals surface area contributed by atoms with Gasteiger partial charge in [-0.15, -0.1) is 0 Å². The molecule has 2 atom stereocenters. The largest absolute Gasteiger partial charge is 0.443 e. The van der Waals surface area contributed by atoms with Crippen molar-refractivity contribution < 1.29 is 14.3 Å². The van der Waals surface area contributed by atoms with E-state index < -0.39 is 0 Å². The van der Waals surface area contributed by atoms with E-state index in [1.54, 1.807) is 7.11 Å². The number of benzene rings is 1. The molecule has 2 unspecified atom stereocenters. The molecule has 1 amide bonds. The molecule has 0 aliphatic heterocycles. The van der Waals surface area contributed by atoms with E-state index in [9.17, 15) is 4.79 Å². The number of ether oxygens (including phenoxy) is 2. The zero-order valence-corrected chi connectivity index (χ0v) is 10.6. The van der Waals surface area contributed by atoms with Crippen LogP contribution in [0.4, 0.5) is 4.79 Å². The summed E-state index contributed by atoms with van der Waals surface area (Å²) in [5.41, 5.74) is 1.06. The Morgan fingerprint density at radius 1 is 1.28 bits per heavy atom. The fourth-order valence-electron chi connectivity index (χ4n) is 2.25. The van der Waals surface area contributed by atoms with Gasteiger partial charge >= 0.3 is 6.09 Å². The van der Waals surface area contributed by atoms with Crippen LogP contribution >= 0.6 is 0 Å². The molecule has 4 heteroatoms. The molecule has 0 spiro atoms. The number of nitrogens with one attached hydrogen (secondary N) is 1. The zero-order chi connectivity index (χ0) is 12.8. The van der Waals surface area contributed by atoms with Gasteiger partial charge in [-0.2, -0.15) is 0 Å². The topological polar surface area (TPSA) is 47.6 Å². The molecular weight excluding hydrogens is 230 g/mol. The number of hydrogen-bond acceptors (Lipinski definition) is 3. The lowest BCUT2D eigenvalue weighted by molar-refractivity contribution is -0.00335. The second kappa shape index (κ2) is 6.40. The van der Waals surface area contributed by atoms with Crippen LogP contribution in [0.3, 0.4) is 0 Å². The Morgan fingerprint density at radius 3 is 2.72 bits per heavy atom. The fourth-order valence-corrected chi connectivity index (χ4v) is 2.25. The number of rotatable bonds is 4. The second-order valence-corrected chi connectivity index (χ2v) is 4.49. The molecule has 1 fully saturated rings. The minimum atomic E-state index is -0.368. The van der Waals surface area contributed by atoms with Crippen molar-refractivity contribution in [1.29, 1.82) is 0 Å². The maximum absolute atomic E-state index is 11.6. The third-order valence-corrected chi connectivity index (χ3v) is 3.23. The maximum atomic E-state index is 11.6. The van der Waals surface area contributed by atoms with Crippen LogP contribution in [0, 0.1) is 0 Å². The molecule has 0 saturated heterocycles. The molecule has 0 radical (unpaired) electrons. The monoisotopic (exact) mass is 249 g/mol. The molecule has 1 saturated carbocycles. The van der Waals surface area contributed by atoms with Gasteiger partial charge in [-0.1, -0.05) is 30.3 Å². The van der Waals surface area contributed by atoms with Crippen molar-refractivity contribution in [2.24, 2.45) is 0 Å². The van der Waals surface area contributed by atoms with Crippen LogP contribution in [0.5, 0.6) is 0 Å². The van der Waals surface area contributed by atoms with E-state index in [1.165, 1.54) is 0 Å². The van der Waals surface area contributed by atoms with Gasteiger partial charge in [0.1, 0.15) is 6.10 Å². The predicted molar refractivity (Wildman–Crippen MR) is 68.2 cm³/mol. The Balaban J connectivity index is 1.75. The zero-order valence-electron chi connectivity index (χ0n) is 10.6. The van der Waals surface area contributed by atoms with Gasteiger partial charge in [-0.3, -0.25) is 0 Å². The van der Waals surface area contributed by atoms with Crippen LogP contribution in [0.2, 0.25) is 0 Å². The quantitative estimate of drug-likeness (QED) is 0.891. The first-order valence-corrected chi connectivity index (χ1v) is 6.31. The smallest absolute Gasteiger partial charge is 0.407 e. The molecule has 1 N–H and O–H groups in total. The lowest BCUT2D eigenvalue weighted by Crippen LogP contribution is -2.33. The van der Waals surface area contributed by atoms with Gasteiger partial charge in [0.15, 0.2) is 0 Å². The Kier molecular flexibility index (Phi) is 4.59. The van der Waals surface area contributed by atoms with Crippen molar-refractivity contribution in [3.63, 3.8) is 0 Å². The summed E-state index contributed by atoms with van der Waals surface area (Å²) >= 11 is 0. The third kappa shape index (κ3) is 3.47. The Morgan fingerprint density at radius 2 is 2.00 bits per heavy atom. The molecule has 1 aliphatic carbocycles. The standard InChI is InChI=1S/C14H19NO3/c1-17-12-8-5-9-13(12)18-14(16)15-10-11-6-3-2-4-7-11/h2-4,6-7,12-13H,5,8-10H2,1H3,(H,15,16). The Bertz CT molecular complexity index is 380. The number of amides is 1. The molecule has 2 rings (SSSR count). The normalized spacial score (nSPS) is 22.7. The lowest BCUT2D eigenvalue weighted by Gasteiger charge is -2.18. The van der Waals surface area contributed by atoms with Gasteiger partial charge in [0.25, 0.3) is 0 Å². The van der Waals surface area contributed by atoms with Crippen molar-refractivity contribution in [3.05, 3.63) is 35.9 Å². The molecular formula is C14H19NO3. The van der Waals surface area contributed by atoms with E-state index in [0.29, 0.717) is 6.54 Å². The van der Waals surface area contributed by atoms with Crippen molar-refractivity contribution in [2.45, 2.75) is 38.0 Å². The van der Waals surface area contributed by atoms with Gasteiger partial charge in [0.2, 0.25) is 0 Å². The molecule has 1 aromatic carbocycles. The Hall–Kier alpha value is -1.55. The minimum absolute atomic E-state index is 0.0486. The van der Waals surface area contributed by atoms with Gasteiger partial charge in [-0.25, -0.2) is 4.79 Å². The van der Waals surface area contributed by atoms with Gasteiger partial charge < -0.3 is 14.8 Å². The van der Waals surface area contributed by atoms with Crippen molar-refractivity contribution in [1.82, 2.24) is 5.32 Å². The molecule has 0 bridgehead atoms. The van der Waals surface area contributed by atoms with Crippen LogP contribution < -0.4 is 5.32 Å². The maximum Gasteiger partial charge on any atom is 0.407 e. The average Bonchev–Trinajstić information content (AvgIpc) is 2.85. The van der Waals surface area contributed by atoms with Crippen LogP contribution in [0.15, 0.2) is 30.3 Å². The highest BCUT2D eigenvalue weighted by Crippen LogP contribution is 2.24. The highest BCUT2D eigenvalue weighted by molar-refractivity contribution is 5.67. The van der Waals surface area contributed by atoms with Crippen LogP contribution in [-0.4, -0.2) is 25.4 Å². The highest BCUT2D eigenvalue weighted by atomic mass is 16.6. The molecule has 0 heterocycles. The van der Waals surface area contributed by atoms with Crippen molar-refractivity contribution in [3.8, 4) is 0 Å². The SMILES string of the molecule is COC1CCCC1OC(=O)NCc1ccccc1. The first-order chi connectivity index (χ1) is 8.79. The summed E-state index contributed by atoms with van der Waals surface area (Å²) in [7, 11) is 1.66. The summed E-state index contributed by atoms with van der Waals surface area (Å²) in [6.45, 7) is 0.490. The van der Waals surface area contributed by atoms with Crippen LogP contribution in [0.1, 0.15) is 24.8 Å². The van der Waals surface area contributed by atoms with Crippen LogP contribution in [0.25, 0.3) is 0 Å². The fraction of sp³-hybridized carbons (Fsp3) is 0.500. The summed E-state index contributed by atoms with van der Waals surface area (Å²) in [4.78, 5) is 11.6. The van der Waals surface area contributed by atoms with Crippen LogP contribution in [-0.2, 0) is 16.0 Å². The second-order valence-electron chi connectivity index (χ2n) is 4.49. The molecule has 0 aromatic heterocycles. The molecule has 98 valence electrons. The molecule has 18 heavy (non-hydrogen) atoms. The summed E-state index contributed by atoms with van der Waals surface area (Å²) in [5.74, 6) is 0. The number of alkyl carbamates (subject to hydrolysis) is 1. The first kappa shape index (κ1) is 12.9. The van der Waals surface area contributed by atoms with E-state index >= 15 is 0 Å². The molecule has 1 aliphatic rings. The van der Waals surface area contributed by atoms with E-state index in [1.807, 2.05) is 30.3 Å². The van der Waals surface area contributed by atoms with Gasteiger partial charge in [0.05, 0.1) is 6.10 Å². The summed E-state index contributed by atoms with van der Waals surface area (Å²) < 4.78 is 10.6. The Labute approximate surface area is 107 Å². The number of carbonyl (C=O) groups is 1. The van der Waals surface area contributed by atoms with E-state index in [2.05, 4.69) is 5.32 Å². The average molecular weight is 249 g/mol. The summed E-state index contributed by atoms with van der Waals surface area (Å²) in [6, 6.07) is 9.77. The van der Waals surface area contributed by atoms with E-state index in [4.69, 9.17) is 9.47 Å². The summed E-state index contributed by atoms with van der Waals surface area (Å²) in [5, 5.41) is 2.75. The van der Waals surface area contributed by atoms with Gasteiger partial charge in [0, 0.05) is 13.7 Å². The predicted octanol–water partition coefficient (Wildman–Crippen LogP) is 2.48. The first-order valence-electron chi connectivity index (χ1n) is 6.31. The van der Waals surface area contributed by atoms with Crippen molar-refractivity contribution >= 4 is 6.09 Å². The van der Waals surface area contributed by atoms with E-state index in [0.717, 1.165) is 24.8 Å². The number of methoxy groups -OCH3 is 1. The lowest BCUT2D eigenvalue weighted by atomic mass is 10.2. The highest BCUT2D eigenvalue weighted by Gasteiger charge is 2.30. The van der Waals surface area contributed by atoms with E-state index in [-0.39, 0.29) is 18.3 Å². The molecule has 1 aromatic rings. The number of hydrogen-bond donors (Lipinski definition) is 1. The number of carbonyl (C=O) groups excluding carboxylic acids is 1. The molecule has 4 nitrogen and oxygen atoms in total. The summed E-state index contributed by atoms with van der Waals surface area (Å²) in [6.07, 6.45) is 2.48. The van der Waals surface area contributed by atoms with Crippen molar-refractivity contribution in [2.75, 3.05) is 7.11 Å². The van der Waals surface area contributed by atoms with Gasteiger partial charge in [-0.05, 0) is 24.8 Å². The minimum Gasteiger partial charge on any atom is -0.443 e. The third-order valence-electron chi connectivity index (χ3n) is 3.23.